The highest BCUT2D eigenvalue weighted by Gasteiger charge is 2.36. The lowest BCUT2D eigenvalue weighted by molar-refractivity contribution is -0.105. The Morgan fingerprint density at radius 3 is 2.23 bits per heavy atom. The van der Waals surface area contributed by atoms with Gasteiger partial charge in [0.1, 0.15) is 5.82 Å². The van der Waals surface area contributed by atoms with Crippen molar-refractivity contribution in [2.75, 3.05) is 19.1 Å². The van der Waals surface area contributed by atoms with Crippen LogP contribution in [0.1, 0.15) is 33.3 Å². The zero-order valence-electron chi connectivity index (χ0n) is 18.3. The first-order valence-electron chi connectivity index (χ1n) is 9.91. The molecule has 5 heteroatoms. The number of allylic oxidation sites excluding steroid dienone is 4. The lowest BCUT2D eigenvalue weighted by atomic mass is 9.77. The van der Waals surface area contributed by atoms with Gasteiger partial charge in [0, 0.05) is 16.8 Å². The lowest BCUT2D eigenvalue weighted by Crippen LogP contribution is -2.38. The number of anilines is 1. The number of benzene rings is 2. The zero-order chi connectivity index (χ0) is 22.1. The summed E-state index contributed by atoms with van der Waals surface area (Å²) >= 11 is 0. The Bertz CT molecular complexity index is 1010. The second kappa shape index (κ2) is 8.34. The monoisotopic (exact) mass is 409 g/mol. The van der Waals surface area contributed by atoms with E-state index in [9.17, 15) is 9.18 Å². The molecule has 1 heterocycles. The van der Waals surface area contributed by atoms with Crippen LogP contribution in [0.15, 0.2) is 65.5 Å². The Morgan fingerprint density at radius 1 is 1.03 bits per heavy atom. The Hall–Kier alpha value is -3.08. The van der Waals surface area contributed by atoms with E-state index in [1.165, 1.54) is 12.1 Å². The standard InChI is InChI=1S/C25H28FNO3/c1-16-13-24(25(3,4)18-7-12-22(29-5)23(14-18)30-6)27(21(15-28)17(16)2)20-10-8-19(26)9-11-20/h7-16H,1-6H3. The third-order valence-corrected chi connectivity index (χ3v) is 5.92. The molecule has 3 rings (SSSR count). The topological polar surface area (TPSA) is 38.8 Å². The van der Waals surface area contributed by atoms with Crippen LogP contribution in [0, 0.1) is 11.7 Å². The fourth-order valence-electron chi connectivity index (χ4n) is 3.85. The number of halogens is 1. The molecule has 0 aromatic heterocycles. The van der Waals surface area contributed by atoms with Crippen LogP contribution in [0.4, 0.5) is 10.1 Å². The molecule has 2 aromatic rings. The fraction of sp³-hybridized carbons (Fsp3) is 0.320. The van der Waals surface area contributed by atoms with Crippen LogP contribution >= 0.6 is 0 Å². The van der Waals surface area contributed by atoms with E-state index in [-0.39, 0.29) is 11.7 Å². The van der Waals surface area contributed by atoms with Gasteiger partial charge in [0.25, 0.3) is 0 Å². The van der Waals surface area contributed by atoms with Crippen LogP contribution in [0.3, 0.4) is 0 Å². The van der Waals surface area contributed by atoms with Crippen molar-refractivity contribution < 1.29 is 18.7 Å². The van der Waals surface area contributed by atoms with Gasteiger partial charge in [-0.1, -0.05) is 32.9 Å². The summed E-state index contributed by atoms with van der Waals surface area (Å²) in [6.07, 6.45) is 3.05. The third-order valence-electron chi connectivity index (χ3n) is 5.92. The molecule has 1 atom stereocenters. The summed E-state index contributed by atoms with van der Waals surface area (Å²) in [4.78, 5) is 14.1. The second-order valence-corrected chi connectivity index (χ2v) is 8.03. The summed E-state index contributed by atoms with van der Waals surface area (Å²) < 4.78 is 24.5. The molecule has 0 saturated carbocycles. The van der Waals surface area contributed by atoms with Crippen LogP contribution < -0.4 is 14.4 Å². The number of carbonyl (C=O) groups is 1. The predicted octanol–water partition coefficient (Wildman–Crippen LogP) is 5.63. The minimum Gasteiger partial charge on any atom is -0.493 e. The molecule has 1 aliphatic rings. The highest BCUT2D eigenvalue weighted by molar-refractivity contribution is 5.85. The van der Waals surface area contributed by atoms with E-state index in [0.29, 0.717) is 17.2 Å². The lowest BCUT2D eigenvalue weighted by Gasteiger charge is -2.42. The summed E-state index contributed by atoms with van der Waals surface area (Å²) in [5, 5.41) is 0. The van der Waals surface area contributed by atoms with E-state index in [2.05, 4.69) is 26.8 Å². The van der Waals surface area contributed by atoms with Crippen molar-refractivity contribution in [1.29, 1.82) is 0 Å². The maximum absolute atomic E-state index is 13.6. The molecule has 0 aliphatic carbocycles. The van der Waals surface area contributed by atoms with Crippen LogP contribution in [-0.2, 0) is 10.2 Å². The van der Waals surface area contributed by atoms with E-state index in [0.717, 1.165) is 28.8 Å². The molecule has 0 saturated heterocycles. The molecule has 0 radical (unpaired) electrons. The number of hydrogen-bond acceptors (Lipinski definition) is 4. The van der Waals surface area contributed by atoms with Crippen molar-refractivity contribution in [2.45, 2.75) is 33.1 Å². The van der Waals surface area contributed by atoms with Crippen molar-refractivity contribution in [2.24, 2.45) is 5.92 Å². The van der Waals surface area contributed by atoms with Crippen molar-refractivity contribution in [3.8, 4) is 11.5 Å². The number of nitrogens with zero attached hydrogens (tertiary/aromatic N) is 1. The first-order chi connectivity index (χ1) is 14.2. The third kappa shape index (κ3) is 3.72. The van der Waals surface area contributed by atoms with Gasteiger partial charge in [-0.05, 0) is 60.4 Å². The average molecular weight is 410 g/mol. The van der Waals surface area contributed by atoms with Gasteiger partial charge in [0.2, 0.25) is 0 Å². The Balaban J connectivity index is 2.18. The molecular formula is C25H28FNO3. The van der Waals surface area contributed by atoms with Crippen molar-refractivity contribution in [1.82, 2.24) is 0 Å². The maximum Gasteiger partial charge on any atom is 0.166 e. The second-order valence-electron chi connectivity index (χ2n) is 8.03. The van der Waals surface area contributed by atoms with E-state index in [4.69, 9.17) is 9.47 Å². The highest BCUT2D eigenvalue weighted by atomic mass is 19.1. The van der Waals surface area contributed by atoms with Crippen LogP contribution in [-0.4, -0.2) is 20.5 Å². The molecule has 158 valence electrons. The number of hydrogen-bond donors (Lipinski definition) is 0. The van der Waals surface area contributed by atoms with Gasteiger partial charge < -0.3 is 14.4 Å². The zero-order valence-corrected chi connectivity index (χ0v) is 18.3. The molecule has 1 unspecified atom stereocenters. The molecule has 0 spiro atoms. The molecule has 4 nitrogen and oxygen atoms in total. The number of rotatable bonds is 6. The Labute approximate surface area is 177 Å². The van der Waals surface area contributed by atoms with Gasteiger partial charge in [-0.3, -0.25) is 4.79 Å². The minimum absolute atomic E-state index is 0.0938. The van der Waals surface area contributed by atoms with E-state index in [1.54, 1.807) is 26.4 Å². The summed E-state index contributed by atoms with van der Waals surface area (Å²) in [6, 6.07) is 12.0. The molecule has 0 N–H and O–H groups in total. The molecule has 0 fully saturated rings. The van der Waals surface area contributed by atoms with Crippen molar-refractivity contribution in [3.63, 3.8) is 0 Å². The van der Waals surface area contributed by atoms with Crippen LogP contribution in [0.25, 0.3) is 0 Å². The summed E-state index contributed by atoms with van der Waals surface area (Å²) in [6.45, 7) is 8.24. The molecular weight excluding hydrogens is 381 g/mol. The minimum atomic E-state index is -0.475. The van der Waals surface area contributed by atoms with Gasteiger partial charge >= 0.3 is 0 Å². The number of ether oxygens (including phenoxy) is 2. The van der Waals surface area contributed by atoms with Crippen LogP contribution in [0.5, 0.6) is 11.5 Å². The van der Waals surface area contributed by atoms with E-state index in [1.807, 2.05) is 30.0 Å². The van der Waals surface area contributed by atoms with Crippen LogP contribution in [0.2, 0.25) is 0 Å². The van der Waals surface area contributed by atoms with E-state index < -0.39 is 5.41 Å². The van der Waals surface area contributed by atoms with E-state index >= 15 is 0 Å². The first kappa shape index (κ1) is 21.6. The van der Waals surface area contributed by atoms with Crippen molar-refractivity contribution in [3.05, 3.63) is 76.9 Å². The van der Waals surface area contributed by atoms with Crippen molar-refractivity contribution >= 4 is 12.0 Å². The predicted molar refractivity (Wildman–Crippen MR) is 117 cm³/mol. The smallest absolute Gasteiger partial charge is 0.166 e. The molecule has 2 aromatic carbocycles. The quantitative estimate of drug-likeness (QED) is 0.579. The number of carbonyl (C=O) groups excluding carboxylic acids is 1. The highest BCUT2D eigenvalue weighted by Crippen LogP contribution is 2.44. The number of aldehydes is 1. The average Bonchev–Trinajstić information content (AvgIpc) is 2.75. The summed E-state index contributed by atoms with van der Waals surface area (Å²) in [5.41, 5.74) is 3.78. The summed E-state index contributed by atoms with van der Waals surface area (Å²) in [5.74, 6) is 1.07. The largest absolute Gasteiger partial charge is 0.493 e. The summed E-state index contributed by atoms with van der Waals surface area (Å²) in [7, 11) is 3.21. The normalized spacial score (nSPS) is 17.0. The van der Waals surface area contributed by atoms with Gasteiger partial charge in [-0.2, -0.15) is 0 Å². The van der Waals surface area contributed by atoms with Gasteiger partial charge in [-0.15, -0.1) is 0 Å². The van der Waals surface area contributed by atoms with Gasteiger partial charge in [0.15, 0.2) is 17.8 Å². The Morgan fingerprint density at radius 2 is 1.67 bits per heavy atom. The fourth-order valence-corrected chi connectivity index (χ4v) is 3.85. The molecule has 1 aliphatic heterocycles. The van der Waals surface area contributed by atoms with Gasteiger partial charge in [0.05, 0.1) is 19.9 Å². The molecule has 0 bridgehead atoms. The first-order valence-corrected chi connectivity index (χ1v) is 9.91. The SMILES string of the molecule is COc1ccc(C(C)(C)C2=CC(C)C(C)=C(C=O)N2c2ccc(F)cc2)cc1OC. The maximum atomic E-state index is 13.6. The molecule has 0 amide bonds. The Kier molecular flexibility index (Phi) is 6.01. The molecule has 30 heavy (non-hydrogen) atoms. The van der Waals surface area contributed by atoms with Gasteiger partial charge in [-0.25, -0.2) is 4.39 Å². The number of methoxy groups -OCH3 is 2.